The zero-order valence-electron chi connectivity index (χ0n) is 11.5. The SMILES string of the molecule is C/C(Br)=C(/C=C/C(=O)c1ccc(Br)cc1)c1ccccc1. The fraction of sp³-hybridized carbons (Fsp3) is 0.0556. The van der Waals surface area contributed by atoms with Crippen molar-refractivity contribution in [2.24, 2.45) is 0 Å². The Labute approximate surface area is 141 Å². The molecule has 0 heterocycles. The van der Waals surface area contributed by atoms with E-state index < -0.39 is 0 Å². The minimum Gasteiger partial charge on any atom is -0.289 e. The molecule has 2 rings (SSSR count). The van der Waals surface area contributed by atoms with Crippen LogP contribution >= 0.6 is 31.9 Å². The van der Waals surface area contributed by atoms with Gasteiger partial charge in [0.25, 0.3) is 0 Å². The highest BCUT2D eigenvalue weighted by Gasteiger charge is 2.04. The lowest BCUT2D eigenvalue weighted by atomic mass is 10.0. The summed E-state index contributed by atoms with van der Waals surface area (Å²) in [5.74, 6) is -0.00955. The summed E-state index contributed by atoms with van der Waals surface area (Å²) in [6.45, 7) is 1.97. The van der Waals surface area contributed by atoms with Gasteiger partial charge in [-0.2, -0.15) is 0 Å². The van der Waals surface area contributed by atoms with E-state index in [0.29, 0.717) is 5.56 Å². The lowest BCUT2D eigenvalue weighted by molar-refractivity contribution is 0.104. The monoisotopic (exact) mass is 404 g/mol. The van der Waals surface area contributed by atoms with Crippen molar-refractivity contribution in [2.45, 2.75) is 6.92 Å². The highest BCUT2D eigenvalue weighted by molar-refractivity contribution is 9.11. The molecule has 0 unspecified atom stereocenters. The average molecular weight is 406 g/mol. The number of rotatable bonds is 4. The Balaban J connectivity index is 2.24. The molecule has 0 radical (unpaired) electrons. The quantitative estimate of drug-likeness (QED) is 0.345. The molecule has 0 amide bonds. The lowest BCUT2D eigenvalue weighted by Gasteiger charge is -2.04. The molecule has 21 heavy (non-hydrogen) atoms. The molecule has 0 N–H and O–H groups in total. The molecule has 0 aliphatic heterocycles. The van der Waals surface area contributed by atoms with Crippen LogP contribution in [-0.2, 0) is 0 Å². The van der Waals surface area contributed by atoms with Gasteiger partial charge in [0.2, 0.25) is 0 Å². The molecule has 0 bridgehead atoms. The largest absolute Gasteiger partial charge is 0.289 e. The van der Waals surface area contributed by atoms with E-state index in [-0.39, 0.29) is 5.78 Å². The summed E-state index contributed by atoms with van der Waals surface area (Å²) in [7, 11) is 0. The summed E-state index contributed by atoms with van der Waals surface area (Å²) < 4.78 is 1.96. The summed E-state index contributed by atoms with van der Waals surface area (Å²) in [6, 6.07) is 17.3. The summed E-state index contributed by atoms with van der Waals surface area (Å²) in [4.78, 5) is 12.2. The molecule has 0 saturated heterocycles. The van der Waals surface area contributed by atoms with Crippen molar-refractivity contribution in [1.29, 1.82) is 0 Å². The maximum atomic E-state index is 12.2. The smallest absolute Gasteiger partial charge is 0.185 e. The molecule has 2 aromatic carbocycles. The van der Waals surface area contributed by atoms with Crippen molar-refractivity contribution in [3.63, 3.8) is 0 Å². The lowest BCUT2D eigenvalue weighted by Crippen LogP contribution is -1.94. The van der Waals surface area contributed by atoms with Gasteiger partial charge in [0.15, 0.2) is 5.78 Å². The van der Waals surface area contributed by atoms with Crippen LogP contribution in [0.1, 0.15) is 22.8 Å². The normalized spacial score (nSPS) is 12.3. The first kappa shape index (κ1) is 15.9. The van der Waals surface area contributed by atoms with E-state index in [1.54, 1.807) is 6.08 Å². The van der Waals surface area contributed by atoms with Crippen LogP contribution in [0, 0.1) is 0 Å². The van der Waals surface area contributed by atoms with Crippen molar-refractivity contribution in [3.05, 3.63) is 86.8 Å². The zero-order valence-corrected chi connectivity index (χ0v) is 14.7. The van der Waals surface area contributed by atoms with E-state index in [0.717, 1.165) is 20.1 Å². The summed E-state index contributed by atoms with van der Waals surface area (Å²) in [5, 5.41) is 0. The number of halogens is 2. The summed E-state index contributed by atoms with van der Waals surface area (Å²) in [6.07, 6.45) is 3.46. The van der Waals surface area contributed by atoms with Crippen LogP contribution in [0.15, 0.2) is 75.7 Å². The predicted octanol–water partition coefficient (Wildman–Crippen LogP) is 6.01. The van der Waals surface area contributed by atoms with Crippen molar-refractivity contribution in [3.8, 4) is 0 Å². The fourth-order valence-corrected chi connectivity index (χ4v) is 2.52. The van der Waals surface area contributed by atoms with Gasteiger partial charge >= 0.3 is 0 Å². The van der Waals surface area contributed by atoms with Gasteiger partial charge in [0, 0.05) is 10.0 Å². The number of hydrogen-bond donors (Lipinski definition) is 0. The number of allylic oxidation sites excluding steroid dienone is 4. The van der Waals surface area contributed by atoms with Gasteiger partial charge < -0.3 is 0 Å². The van der Waals surface area contributed by atoms with E-state index in [1.165, 1.54) is 0 Å². The third kappa shape index (κ3) is 4.51. The van der Waals surface area contributed by atoms with Crippen molar-refractivity contribution in [1.82, 2.24) is 0 Å². The van der Waals surface area contributed by atoms with Gasteiger partial charge in [0.1, 0.15) is 0 Å². The summed E-state index contributed by atoms with van der Waals surface area (Å²) >= 11 is 6.87. The maximum absolute atomic E-state index is 12.2. The van der Waals surface area contributed by atoms with Crippen molar-refractivity contribution in [2.75, 3.05) is 0 Å². The predicted molar refractivity (Wildman–Crippen MR) is 95.6 cm³/mol. The number of ketones is 1. The van der Waals surface area contributed by atoms with Gasteiger partial charge in [-0.3, -0.25) is 4.79 Å². The molecule has 2 aromatic rings. The highest BCUT2D eigenvalue weighted by Crippen LogP contribution is 2.24. The van der Waals surface area contributed by atoms with Crippen LogP contribution in [0.4, 0.5) is 0 Å². The van der Waals surface area contributed by atoms with Crippen molar-refractivity contribution < 1.29 is 4.79 Å². The minimum atomic E-state index is -0.00955. The first-order valence-corrected chi connectivity index (χ1v) is 8.06. The van der Waals surface area contributed by atoms with Crippen LogP contribution in [0.25, 0.3) is 5.57 Å². The van der Waals surface area contributed by atoms with Crippen LogP contribution in [0.5, 0.6) is 0 Å². The third-order valence-corrected chi connectivity index (χ3v) is 3.94. The van der Waals surface area contributed by atoms with E-state index in [2.05, 4.69) is 31.9 Å². The average Bonchev–Trinajstić information content (AvgIpc) is 2.48. The molecule has 0 aromatic heterocycles. The number of carbonyl (C=O) groups excluding carboxylic acids is 1. The standard InChI is InChI=1S/C18H14Br2O/c1-13(19)17(14-5-3-2-4-6-14)11-12-18(21)15-7-9-16(20)10-8-15/h2-12H,1H3/b12-11+,17-13+. The van der Waals surface area contributed by atoms with Gasteiger partial charge in [0.05, 0.1) is 0 Å². The van der Waals surface area contributed by atoms with Crippen LogP contribution in [-0.4, -0.2) is 5.78 Å². The number of benzene rings is 2. The topological polar surface area (TPSA) is 17.1 Å². The molecule has 0 aliphatic rings. The second-order valence-electron chi connectivity index (χ2n) is 4.52. The zero-order chi connectivity index (χ0) is 15.2. The first-order valence-electron chi connectivity index (χ1n) is 6.47. The molecule has 1 nitrogen and oxygen atoms in total. The molecular formula is C18H14Br2O. The van der Waals surface area contributed by atoms with Gasteiger partial charge in [-0.1, -0.05) is 62.2 Å². The van der Waals surface area contributed by atoms with Crippen molar-refractivity contribution >= 4 is 43.2 Å². The molecule has 0 saturated carbocycles. The first-order chi connectivity index (χ1) is 10.1. The third-order valence-electron chi connectivity index (χ3n) is 2.99. The molecule has 0 atom stereocenters. The Morgan fingerprint density at radius 3 is 2.10 bits per heavy atom. The molecular weight excluding hydrogens is 392 g/mol. The summed E-state index contributed by atoms with van der Waals surface area (Å²) in [5.41, 5.74) is 2.75. The number of carbonyl (C=O) groups is 1. The van der Waals surface area contributed by atoms with Gasteiger partial charge in [-0.25, -0.2) is 0 Å². The van der Waals surface area contributed by atoms with E-state index in [4.69, 9.17) is 0 Å². The second kappa shape index (κ2) is 7.53. The molecule has 0 aliphatic carbocycles. The van der Waals surface area contributed by atoms with Gasteiger partial charge in [-0.05, 0) is 59.0 Å². The Morgan fingerprint density at radius 1 is 0.905 bits per heavy atom. The molecule has 3 heteroatoms. The molecule has 0 spiro atoms. The Kier molecular flexibility index (Phi) is 5.71. The van der Waals surface area contributed by atoms with Crippen LogP contribution < -0.4 is 0 Å². The second-order valence-corrected chi connectivity index (χ2v) is 6.62. The van der Waals surface area contributed by atoms with Crippen LogP contribution in [0.3, 0.4) is 0 Å². The highest BCUT2D eigenvalue weighted by atomic mass is 79.9. The Bertz CT molecular complexity index is 679. The van der Waals surface area contributed by atoms with E-state index in [9.17, 15) is 4.79 Å². The van der Waals surface area contributed by atoms with Gasteiger partial charge in [-0.15, -0.1) is 0 Å². The van der Waals surface area contributed by atoms with E-state index in [1.807, 2.05) is 67.6 Å². The Morgan fingerprint density at radius 2 is 1.52 bits per heavy atom. The molecule has 0 fully saturated rings. The molecule has 106 valence electrons. The Hall–Kier alpha value is -1.45. The fourth-order valence-electron chi connectivity index (χ4n) is 1.90. The minimum absolute atomic E-state index is 0.00955. The van der Waals surface area contributed by atoms with Crippen LogP contribution in [0.2, 0.25) is 0 Å². The van der Waals surface area contributed by atoms with E-state index >= 15 is 0 Å². The maximum Gasteiger partial charge on any atom is 0.185 e. The number of hydrogen-bond acceptors (Lipinski definition) is 1.